The SMILES string of the molecule is CCCC1CC(C(=O)Nc2cccc(S(=O)(=O)NC(C)(C)C)c2)NN1. The Hall–Kier alpha value is -1.48. The molecule has 1 aliphatic heterocycles. The van der Waals surface area contributed by atoms with Crippen molar-refractivity contribution >= 4 is 21.6 Å². The first-order valence-electron chi connectivity index (χ1n) is 8.56. The summed E-state index contributed by atoms with van der Waals surface area (Å²) in [5.41, 5.74) is 6.00. The third kappa shape index (κ3) is 5.78. The number of rotatable bonds is 6. The number of amides is 1. The number of benzene rings is 1. The molecule has 0 radical (unpaired) electrons. The minimum atomic E-state index is -3.64. The van der Waals surface area contributed by atoms with Crippen LogP contribution in [0.5, 0.6) is 0 Å². The van der Waals surface area contributed by atoms with Crippen LogP contribution in [-0.4, -0.2) is 31.9 Å². The molecule has 2 rings (SSSR count). The molecule has 1 aromatic rings. The zero-order valence-corrected chi connectivity index (χ0v) is 16.0. The number of nitrogens with one attached hydrogen (secondary N) is 4. The highest BCUT2D eigenvalue weighted by Gasteiger charge is 2.29. The predicted molar refractivity (Wildman–Crippen MR) is 98.5 cm³/mol. The van der Waals surface area contributed by atoms with Gasteiger partial charge in [-0.25, -0.2) is 18.6 Å². The van der Waals surface area contributed by atoms with Crippen molar-refractivity contribution in [2.24, 2.45) is 0 Å². The summed E-state index contributed by atoms with van der Waals surface area (Å²) in [5, 5.41) is 2.79. The molecule has 140 valence electrons. The van der Waals surface area contributed by atoms with Crippen molar-refractivity contribution in [3.05, 3.63) is 24.3 Å². The second kappa shape index (κ2) is 7.82. The van der Waals surface area contributed by atoms with Crippen molar-refractivity contribution in [1.82, 2.24) is 15.6 Å². The Balaban J connectivity index is 2.06. The summed E-state index contributed by atoms with van der Waals surface area (Å²) in [5.74, 6) is -0.176. The summed E-state index contributed by atoms with van der Waals surface area (Å²) < 4.78 is 27.4. The average Bonchev–Trinajstić information content (AvgIpc) is 2.94. The van der Waals surface area contributed by atoms with Gasteiger partial charge in [-0.2, -0.15) is 0 Å². The minimum absolute atomic E-state index is 0.126. The molecule has 1 fully saturated rings. The van der Waals surface area contributed by atoms with Gasteiger partial charge in [-0.05, 0) is 51.8 Å². The molecule has 0 bridgehead atoms. The Bertz CT molecular complexity index is 713. The van der Waals surface area contributed by atoms with Crippen LogP contribution >= 0.6 is 0 Å². The molecule has 0 saturated carbocycles. The zero-order valence-electron chi connectivity index (χ0n) is 15.2. The van der Waals surface area contributed by atoms with Crippen molar-refractivity contribution in [3.63, 3.8) is 0 Å². The monoisotopic (exact) mass is 368 g/mol. The molecule has 1 amide bonds. The van der Waals surface area contributed by atoms with Crippen LogP contribution in [0.3, 0.4) is 0 Å². The van der Waals surface area contributed by atoms with Gasteiger partial charge < -0.3 is 5.32 Å². The van der Waals surface area contributed by atoms with E-state index in [0.717, 1.165) is 12.8 Å². The first-order valence-corrected chi connectivity index (χ1v) is 10.0. The third-order valence-corrected chi connectivity index (χ3v) is 5.54. The van der Waals surface area contributed by atoms with Gasteiger partial charge in [0.1, 0.15) is 6.04 Å². The summed E-state index contributed by atoms with van der Waals surface area (Å²) >= 11 is 0. The Morgan fingerprint density at radius 2 is 2.00 bits per heavy atom. The molecule has 1 saturated heterocycles. The van der Waals surface area contributed by atoms with Crippen molar-refractivity contribution < 1.29 is 13.2 Å². The van der Waals surface area contributed by atoms with E-state index in [9.17, 15) is 13.2 Å². The summed E-state index contributed by atoms with van der Waals surface area (Å²) in [6, 6.07) is 6.23. The zero-order chi connectivity index (χ0) is 18.7. The van der Waals surface area contributed by atoms with E-state index >= 15 is 0 Å². The van der Waals surface area contributed by atoms with Gasteiger partial charge in [-0.1, -0.05) is 19.4 Å². The number of carbonyl (C=O) groups excluding carboxylic acids is 1. The molecule has 4 N–H and O–H groups in total. The number of hydrogen-bond donors (Lipinski definition) is 4. The number of anilines is 1. The second-order valence-corrected chi connectivity index (χ2v) is 9.12. The van der Waals surface area contributed by atoms with Gasteiger partial charge in [-0.3, -0.25) is 10.2 Å². The normalized spacial score (nSPS) is 21.3. The Morgan fingerprint density at radius 3 is 2.64 bits per heavy atom. The maximum atomic E-state index is 12.4. The molecular formula is C17H28N4O3S. The van der Waals surface area contributed by atoms with Gasteiger partial charge in [-0.15, -0.1) is 0 Å². The third-order valence-electron chi connectivity index (χ3n) is 3.79. The van der Waals surface area contributed by atoms with Crippen LogP contribution in [0.4, 0.5) is 5.69 Å². The van der Waals surface area contributed by atoms with E-state index in [4.69, 9.17) is 0 Å². The van der Waals surface area contributed by atoms with Crippen LogP contribution in [-0.2, 0) is 14.8 Å². The molecule has 8 heteroatoms. The van der Waals surface area contributed by atoms with Crippen LogP contribution < -0.4 is 20.9 Å². The Labute approximate surface area is 150 Å². The van der Waals surface area contributed by atoms with Crippen molar-refractivity contribution in [2.75, 3.05) is 5.32 Å². The highest BCUT2D eigenvalue weighted by molar-refractivity contribution is 7.89. The Kier molecular flexibility index (Phi) is 6.21. The quantitative estimate of drug-likeness (QED) is 0.613. The van der Waals surface area contributed by atoms with Crippen LogP contribution in [0.25, 0.3) is 0 Å². The molecular weight excluding hydrogens is 340 g/mol. The lowest BCUT2D eigenvalue weighted by molar-refractivity contribution is -0.117. The Morgan fingerprint density at radius 1 is 1.28 bits per heavy atom. The predicted octanol–water partition coefficient (Wildman–Crippen LogP) is 1.74. The number of carbonyl (C=O) groups is 1. The minimum Gasteiger partial charge on any atom is -0.325 e. The summed E-state index contributed by atoms with van der Waals surface area (Å²) in [7, 11) is -3.64. The van der Waals surface area contributed by atoms with E-state index in [1.807, 2.05) is 0 Å². The van der Waals surface area contributed by atoms with Crippen molar-refractivity contribution in [3.8, 4) is 0 Å². The molecule has 7 nitrogen and oxygen atoms in total. The van der Waals surface area contributed by atoms with E-state index in [1.165, 1.54) is 12.1 Å². The lowest BCUT2D eigenvalue weighted by Crippen LogP contribution is -2.41. The largest absolute Gasteiger partial charge is 0.325 e. The van der Waals surface area contributed by atoms with Gasteiger partial charge >= 0.3 is 0 Å². The van der Waals surface area contributed by atoms with Gasteiger partial charge in [0.15, 0.2) is 0 Å². The van der Waals surface area contributed by atoms with Crippen LogP contribution in [0.1, 0.15) is 47.0 Å². The molecule has 1 heterocycles. The van der Waals surface area contributed by atoms with E-state index in [0.29, 0.717) is 12.1 Å². The maximum Gasteiger partial charge on any atom is 0.242 e. The molecule has 2 atom stereocenters. The fraction of sp³-hybridized carbons (Fsp3) is 0.588. The van der Waals surface area contributed by atoms with Crippen LogP contribution in [0.15, 0.2) is 29.2 Å². The molecule has 0 aliphatic carbocycles. The fourth-order valence-electron chi connectivity index (χ4n) is 2.76. The second-order valence-electron chi connectivity index (χ2n) is 7.44. The van der Waals surface area contributed by atoms with E-state index in [2.05, 4.69) is 27.8 Å². The lowest BCUT2D eigenvalue weighted by atomic mass is 10.1. The highest BCUT2D eigenvalue weighted by atomic mass is 32.2. The van der Waals surface area contributed by atoms with Crippen molar-refractivity contribution in [1.29, 1.82) is 0 Å². The van der Waals surface area contributed by atoms with Gasteiger partial charge in [0.2, 0.25) is 15.9 Å². The molecule has 1 aliphatic rings. The van der Waals surface area contributed by atoms with Gasteiger partial charge in [0.05, 0.1) is 4.90 Å². The fourth-order valence-corrected chi connectivity index (χ4v) is 4.23. The summed E-state index contributed by atoms with van der Waals surface area (Å²) in [4.78, 5) is 12.5. The topological polar surface area (TPSA) is 99.3 Å². The van der Waals surface area contributed by atoms with E-state index in [-0.39, 0.29) is 22.9 Å². The van der Waals surface area contributed by atoms with E-state index in [1.54, 1.807) is 32.9 Å². The summed E-state index contributed by atoms with van der Waals surface area (Å²) in [6.07, 6.45) is 2.76. The van der Waals surface area contributed by atoms with Crippen LogP contribution in [0.2, 0.25) is 0 Å². The molecule has 1 aromatic carbocycles. The first kappa shape index (κ1) is 19.8. The highest BCUT2D eigenvalue weighted by Crippen LogP contribution is 2.19. The molecule has 0 spiro atoms. The van der Waals surface area contributed by atoms with Crippen LogP contribution in [0, 0.1) is 0 Å². The number of hydrazine groups is 1. The van der Waals surface area contributed by atoms with Crippen molar-refractivity contribution in [2.45, 2.75) is 69.5 Å². The number of sulfonamides is 1. The molecule has 2 unspecified atom stereocenters. The van der Waals surface area contributed by atoms with Gasteiger partial charge in [0, 0.05) is 17.3 Å². The first-order chi connectivity index (χ1) is 11.6. The van der Waals surface area contributed by atoms with E-state index < -0.39 is 15.6 Å². The maximum absolute atomic E-state index is 12.4. The standard InChI is InChI=1S/C17H28N4O3S/c1-5-7-13-11-15(20-19-13)16(22)18-12-8-6-9-14(10-12)25(23,24)21-17(2,3)4/h6,8-10,13,15,19-21H,5,7,11H2,1-4H3,(H,18,22). The molecule has 0 aromatic heterocycles. The lowest BCUT2D eigenvalue weighted by Gasteiger charge is -2.20. The smallest absolute Gasteiger partial charge is 0.242 e. The molecule has 25 heavy (non-hydrogen) atoms. The van der Waals surface area contributed by atoms with Gasteiger partial charge in [0.25, 0.3) is 0 Å². The average molecular weight is 369 g/mol. The summed E-state index contributed by atoms with van der Waals surface area (Å²) in [6.45, 7) is 7.44. The number of hydrogen-bond acceptors (Lipinski definition) is 5.